The first-order valence-corrected chi connectivity index (χ1v) is 9.52. The molecule has 0 unspecified atom stereocenters. The summed E-state index contributed by atoms with van der Waals surface area (Å²) in [5.41, 5.74) is 1.70. The minimum atomic E-state index is -0.362. The summed E-state index contributed by atoms with van der Waals surface area (Å²) in [6, 6.07) is 13.3. The first kappa shape index (κ1) is 21.0. The molecule has 7 heteroatoms. The predicted molar refractivity (Wildman–Crippen MR) is 111 cm³/mol. The second-order valence-corrected chi connectivity index (χ2v) is 7.58. The molecule has 2 aromatic carbocycles. The van der Waals surface area contributed by atoms with Gasteiger partial charge in [0.1, 0.15) is 18.2 Å². The van der Waals surface area contributed by atoms with Gasteiger partial charge in [-0.25, -0.2) is 0 Å². The maximum Gasteiger partial charge on any atom is 0.264 e. The van der Waals surface area contributed by atoms with Crippen molar-refractivity contribution in [2.75, 3.05) is 21.2 Å². The van der Waals surface area contributed by atoms with Gasteiger partial charge in [-0.3, -0.25) is 4.79 Å². The van der Waals surface area contributed by atoms with Crippen LogP contribution in [0.1, 0.15) is 11.1 Å². The van der Waals surface area contributed by atoms with E-state index in [-0.39, 0.29) is 11.5 Å². The molecule has 5 nitrogen and oxygen atoms in total. The maximum absolute atomic E-state index is 12.1. The van der Waals surface area contributed by atoms with Crippen molar-refractivity contribution in [3.63, 3.8) is 0 Å². The quantitative estimate of drug-likeness (QED) is 0.428. The minimum absolute atomic E-state index is 0.0336. The van der Waals surface area contributed by atoms with Crippen LogP contribution in [0.25, 0.3) is 6.08 Å². The Hall–Kier alpha value is -2.30. The highest BCUT2D eigenvalue weighted by atomic mass is 79.9. The van der Waals surface area contributed by atoms with Crippen molar-refractivity contribution in [3.8, 4) is 17.6 Å². The third-order valence-electron chi connectivity index (χ3n) is 3.65. The zero-order valence-corrected chi connectivity index (χ0v) is 18.3. The number of amides is 1. The molecule has 1 amide bonds. The second kappa shape index (κ2) is 9.58. The fraction of sp³-hybridized carbons (Fsp3) is 0.200. The highest BCUT2D eigenvalue weighted by molar-refractivity contribution is 9.10. The molecule has 0 spiro atoms. The van der Waals surface area contributed by atoms with Gasteiger partial charge in [-0.1, -0.05) is 44.0 Å². The Morgan fingerprint density at radius 1 is 1.19 bits per heavy atom. The Bertz CT molecular complexity index is 901. The lowest BCUT2D eigenvalue weighted by Crippen LogP contribution is -2.22. The summed E-state index contributed by atoms with van der Waals surface area (Å²) in [5.74, 6) is 0.706. The first-order valence-electron chi connectivity index (χ1n) is 7.94. The van der Waals surface area contributed by atoms with Crippen LogP contribution in [-0.2, 0) is 11.4 Å². The van der Waals surface area contributed by atoms with Gasteiger partial charge in [0.05, 0.1) is 7.11 Å². The average Bonchev–Trinajstić information content (AvgIpc) is 2.66. The fourth-order valence-electron chi connectivity index (χ4n) is 2.21. The second-order valence-electron chi connectivity index (χ2n) is 5.81. The van der Waals surface area contributed by atoms with Crippen molar-refractivity contribution in [2.24, 2.45) is 0 Å². The van der Waals surface area contributed by atoms with Crippen LogP contribution in [0.3, 0.4) is 0 Å². The molecular formula is C20H18Br2N2O3. The highest BCUT2D eigenvalue weighted by Gasteiger charge is 2.14. The standard InChI is InChI=1S/C20H18Br2N2O3/c1-24(2)20(25)15(11-23)8-14-9-18(26-3)19(10-17(14)22)27-12-13-4-6-16(21)7-5-13/h4-10H,12H2,1-3H3/b15-8-. The summed E-state index contributed by atoms with van der Waals surface area (Å²) in [6.07, 6.45) is 1.52. The van der Waals surface area contributed by atoms with E-state index in [1.807, 2.05) is 30.3 Å². The Labute approximate surface area is 175 Å². The topological polar surface area (TPSA) is 62.6 Å². The molecule has 2 aromatic rings. The lowest BCUT2D eigenvalue weighted by molar-refractivity contribution is -0.124. The number of hydrogen-bond acceptors (Lipinski definition) is 4. The summed E-state index contributed by atoms with van der Waals surface area (Å²) in [5, 5.41) is 9.27. The van der Waals surface area contributed by atoms with E-state index in [0.717, 1.165) is 10.0 Å². The summed E-state index contributed by atoms with van der Waals surface area (Å²) >= 11 is 6.87. The molecule has 0 aliphatic rings. The molecule has 0 heterocycles. The van der Waals surface area contributed by atoms with E-state index in [2.05, 4.69) is 31.9 Å². The normalized spacial score (nSPS) is 10.9. The zero-order chi connectivity index (χ0) is 20.0. The van der Waals surface area contributed by atoms with Gasteiger partial charge < -0.3 is 14.4 Å². The smallest absolute Gasteiger partial charge is 0.264 e. The van der Waals surface area contributed by atoms with E-state index in [4.69, 9.17) is 9.47 Å². The number of nitrogens with zero attached hydrogens (tertiary/aromatic N) is 2. The number of methoxy groups -OCH3 is 1. The van der Waals surface area contributed by atoms with Gasteiger partial charge >= 0.3 is 0 Å². The van der Waals surface area contributed by atoms with Crippen molar-refractivity contribution in [2.45, 2.75) is 6.61 Å². The lowest BCUT2D eigenvalue weighted by atomic mass is 10.1. The molecule has 140 valence electrons. The van der Waals surface area contributed by atoms with Crippen molar-refractivity contribution in [1.82, 2.24) is 4.90 Å². The number of rotatable bonds is 6. The molecular weight excluding hydrogens is 476 g/mol. The molecule has 0 saturated heterocycles. The molecule has 0 bridgehead atoms. The Balaban J connectivity index is 2.29. The molecule has 0 aliphatic carbocycles. The summed E-state index contributed by atoms with van der Waals surface area (Å²) in [7, 11) is 4.74. The SMILES string of the molecule is COc1cc(/C=C(/C#N)C(=O)N(C)C)c(Br)cc1OCc1ccc(Br)cc1. The minimum Gasteiger partial charge on any atom is -0.493 e. The van der Waals surface area contributed by atoms with Gasteiger partial charge in [0, 0.05) is 23.0 Å². The molecule has 0 saturated carbocycles. The zero-order valence-electron chi connectivity index (χ0n) is 15.1. The third-order valence-corrected chi connectivity index (χ3v) is 4.86. The molecule has 0 aromatic heterocycles. The van der Waals surface area contributed by atoms with Gasteiger partial charge in [-0.2, -0.15) is 5.26 Å². The Morgan fingerprint density at radius 2 is 1.85 bits per heavy atom. The van der Waals surface area contributed by atoms with Gasteiger partial charge in [-0.15, -0.1) is 0 Å². The van der Waals surface area contributed by atoms with Crippen LogP contribution in [0.4, 0.5) is 0 Å². The van der Waals surface area contributed by atoms with Crippen LogP contribution in [0.5, 0.6) is 11.5 Å². The van der Waals surface area contributed by atoms with Crippen LogP contribution in [-0.4, -0.2) is 32.0 Å². The van der Waals surface area contributed by atoms with Crippen LogP contribution in [0, 0.1) is 11.3 Å². The number of ether oxygens (including phenoxy) is 2. The molecule has 0 N–H and O–H groups in total. The van der Waals surface area contributed by atoms with Crippen molar-refractivity contribution in [1.29, 1.82) is 5.26 Å². The number of nitriles is 1. The van der Waals surface area contributed by atoms with E-state index in [9.17, 15) is 10.1 Å². The number of benzene rings is 2. The predicted octanol–water partition coefficient (Wildman–Crippen LogP) is 4.79. The van der Waals surface area contributed by atoms with E-state index >= 15 is 0 Å². The van der Waals surface area contributed by atoms with E-state index < -0.39 is 0 Å². The number of hydrogen-bond donors (Lipinski definition) is 0. The van der Waals surface area contributed by atoms with Crippen molar-refractivity contribution < 1.29 is 14.3 Å². The van der Waals surface area contributed by atoms with E-state index in [0.29, 0.717) is 28.1 Å². The molecule has 0 radical (unpaired) electrons. The van der Waals surface area contributed by atoms with Crippen molar-refractivity contribution in [3.05, 3.63) is 62.0 Å². The average molecular weight is 494 g/mol. The van der Waals surface area contributed by atoms with E-state index in [1.54, 1.807) is 33.3 Å². The van der Waals surface area contributed by atoms with Gasteiger partial charge in [0.2, 0.25) is 0 Å². The van der Waals surface area contributed by atoms with E-state index in [1.165, 1.54) is 11.0 Å². The van der Waals surface area contributed by atoms with Gasteiger partial charge in [-0.05, 0) is 41.5 Å². The van der Waals surface area contributed by atoms with Crippen LogP contribution in [0.15, 0.2) is 50.9 Å². The Kier molecular flexibility index (Phi) is 7.45. The molecule has 2 rings (SSSR count). The number of carbonyl (C=O) groups excluding carboxylic acids is 1. The van der Waals surface area contributed by atoms with Crippen LogP contribution >= 0.6 is 31.9 Å². The number of halogens is 2. The fourth-order valence-corrected chi connectivity index (χ4v) is 2.91. The lowest BCUT2D eigenvalue weighted by Gasteiger charge is -2.14. The van der Waals surface area contributed by atoms with Crippen LogP contribution in [0.2, 0.25) is 0 Å². The molecule has 27 heavy (non-hydrogen) atoms. The first-order chi connectivity index (χ1) is 12.8. The largest absolute Gasteiger partial charge is 0.493 e. The number of carbonyl (C=O) groups is 1. The Morgan fingerprint density at radius 3 is 2.41 bits per heavy atom. The summed E-state index contributed by atoms with van der Waals surface area (Å²) in [4.78, 5) is 13.4. The molecule has 0 atom stereocenters. The highest BCUT2D eigenvalue weighted by Crippen LogP contribution is 2.35. The van der Waals surface area contributed by atoms with Gasteiger partial charge in [0.15, 0.2) is 11.5 Å². The monoisotopic (exact) mass is 492 g/mol. The van der Waals surface area contributed by atoms with Crippen molar-refractivity contribution >= 4 is 43.8 Å². The number of likely N-dealkylation sites (N-methyl/N-ethyl adjacent to an activating group) is 1. The third kappa shape index (κ3) is 5.59. The van der Waals surface area contributed by atoms with Crippen LogP contribution < -0.4 is 9.47 Å². The summed E-state index contributed by atoms with van der Waals surface area (Å²) < 4.78 is 13.0. The maximum atomic E-state index is 12.1. The molecule has 0 aliphatic heterocycles. The molecule has 0 fully saturated rings. The van der Waals surface area contributed by atoms with Gasteiger partial charge in [0.25, 0.3) is 5.91 Å². The summed E-state index contributed by atoms with van der Waals surface area (Å²) in [6.45, 7) is 0.383.